The SMILES string of the molecule is Brc1cc(NCC2CSCCS2)nc(C2CC2)n1. The molecule has 3 nitrogen and oxygen atoms in total. The van der Waals surface area contributed by atoms with Crippen molar-refractivity contribution in [1.29, 1.82) is 0 Å². The van der Waals surface area contributed by atoms with Gasteiger partial charge >= 0.3 is 0 Å². The molecule has 1 atom stereocenters. The minimum absolute atomic E-state index is 0.600. The number of hydrogen-bond acceptors (Lipinski definition) is 5. The Kier molecular flexibility index (Phi) is 4.36. The van der Waals surface area contributed by atoms with Crippen molar-refractivity contribution >= 4 is 45.3 Å². The Morgan fingerprint density at radius 2 is 2.22 bits per heavy atom. The van der Waals surface area contributed by atoms with Crippen LogP contribution < -0.4 is 5.32 Å². The maximum atomic E-state index is 4.61. The van der Waals surface area contributed by atoms with E-state index in [1.807, 2.05) is 6.07 Å². The van der Waals surface area contributed by atoms with E-state index in [-0.39, 0.29) is 0 Å². The molecule has 2 aliphatic rings. The van der Waals surface area contributed by atoms with Crippen LogP contribution in [-0.2, 0) is 0 Å². The van der Waals surface area contributed by atoms with Gasteiger partial charge in [0.2, 0.25) is 0 Å². The van der Waals surface area contributed by atoms with Crippen LogP contribution in [0.3, 0.4) is 0 Å². The molecule has 98 valence electrons. The predicted octanol–water partition coefficient (Wildman–Crippen LogP) is 3.38. The fourth-order valence-corrected chi connectivity index (χ4v) is 4.93. The van der Waals surface area contributed by atoms with Gasteiger partial charge in [0, 0.05) is 41.0 Å². The van der Waals surface area contributed by atoms with Gasteiger partial charge in [-0.15, -0.1) is 0 Å². The first-order chi connectivity index (χ1) is 8.81. The summed E-state index contributed by atoms with van der Waals surface area (Å²) in [6, 6.07) is 1.98. The lowest BCUT2D eigenvalue weighted by molar-refractivity contribution is 0.904. The van der Waals surface area contributed by atoms with Crippen molar-refractivity contribution in [2.45, 2.75) is 24.0 Å². The fraction of sp³-hybridized carbons (Fsp3) is 0.667. The average Bonchev–Trinajstić information content (AvgIpc) is 3.21. The van der Waals surface area contributed by atoms with Gasteiger partial charge in [-0.3, -0.25) is 0 Å². The monoisotopic (exact) mass is 345 g/mol. The van der Waals surface area contributed by atoms with E-state index in [2.05, 4.69) is 54.7 Å². The summed E-state index contributed by atoms with van der Waals surface area (Å²) in [6.45, 7) is 1.01. The molecule has 1 saturated heterocycles. The van der Waals surface area contributed by atoms with Crippen molar-refractivity contribution in [2.75, 3.05) is 29.1 Å². The van der Waals surface area contributed by atoms with Gasteiger partial charge < -0.3 is 5.32 Å². The highest BCUT2D eigenvalue weighted by molar-refractivity contribution is 9.10. The third-order valence-corrected chi connectivity index (χ3v) is 6.30. The molecule has 1 unspecified atom stereocenters. The van der Waals surface area contributed by atoms with Crippen molar-refractivity contribution in [2.24, 2.45) is 0 Å². The zero-order chi connectivity index (χ0) is 12.4. The summed E-state index contributed by atoms with van der Waals surface area (Å²) >= 11 is 7.60. The molecular formula is C12H16BrN3S2. The number of anilines is 1. The van der Waals surface area contributed by atoms with E-state index in [0.717, 1.165) is 22.8 Å². The maximum Gasteiger partial charge on any atom is 0.135 e. The molecule has 1 aromatic heterocycles. The van der Waals surface area contributed by atoms with Gasteiger partial charge in [0.15, 0.2) is 0 Å². The molecule has 1 aliphatic carbocycles. The lowest BCUT2D eigenvalue weighted by atomic mass is 10.4. The number of rotatable bonds is 4. The molecule has 0 amide bonds. The van der Waals surface area contributed by atoms with Crippen LogP contribution in [0.4, 0.5) is 5.82 Å². The van der Waals surface area contributed by atoms with Crippen LogP contribution >= 0.6 is 39.5 Å². The van der Waals surface area contributed by atoms with Crippen molar-refractivity contribution in [1.82, 2.24) is 9.97 Å². The highest BCUT2D eigenvalue weighted by Crippen LogP contribution is 2.38. The Morgan fingerprint density at radius 3 is 2.94 bits per heavy atom. The molecular weight excluding hydrogens is 330 g/mol. The van der Waals surface area contributed by atoms with Gasteiger partial charge in [-0.2, -0.15) is 23.5 Å². The van der Waals surface area contributed by atoms with Gasteiger partial charge in [0.05, 0.1) is 0 Å². The Labute approximate surface area is 124 Å². The van der Waals surface area contributed by atoms with E-state index in [1.54, 1.807) is 0 Å². The minimum Gasteiger partial charge on any atom is -0.369 e. The van der Waals surface area contributed by atoms with Crippen molar-refractivity contribution in [3.8, 4) is 0 Å². The van der Waals surface area contributed by atoms with Crippen LogP contribution in [0.2, 0.25) is 0 Å². The second-order valence-electron chi connectivity index (χ2n) is 4.66. The zero-order valence-electron chi connectivity index (χ0n) is 10.1. The summed E-state index contributed by atoms with van der Waals surface area (Å²) in [4.78, 5) is 9.06. The summed E-state index contributed by atoms with van der Waals surface area (Å²) in [7, 11) is 0. The molecule has 3 rings (SSSR count). The summed E-state index contributed by atoms with van der Waals surface area (Å²) in [5.41, 5.74) is 0. The zero-order valence-corrected chi connectivity index (χ0v) is 13.3. The van der Waals surface area contributed by atoms with Gasteiger partial charge in [0.1, 0.15) is 16.2 Å². The van der Waals surface area contributed by atoms with E-state index < -0.39 is 0 Å². The fourth-order valence-electron chi connectivity index (χ4n) is 1.92. The quantitative estimate of drug-likeness (QED) is 0.846. The number of nitrogens with one attached hydrogen (secondary N) is 1. The van der Waals surface area contributed by atoms with Gasteiger partial charge in [-0.05, 0) is 28.8 Å². The van der Waals surface area contributed by atoms with E-state index >= 15 is 0 Å². The molecule has 1 aliphatic heterocycles. The molecule has 2 fully saturated rings. The maximum absolute atomic E-state index is 4.61. The molecule has 1 aromatic rings. The number of nitrogens with zero attached hydrogens (tertiary/aromatic N) is 2. The Bertz CT molecular complexity index is 420. The first-order valence-electron chi connectivity index (χ1n) is 6.29. The van der Waals surface area contributed by atoms with E-state index in [1.165, 1.54) is 30.1 Å². The van der Waals surface area contributed by atoms with Gasteiger partial charge in [-0.25, -0.2) is 9.97 Å². The highest BCUT2D eigenvalue weighted by Gasteiger charge is 2.27. The highest BCUT2D eigenvalue weighted by atomic mass is 79.9. The molecule has 0 radical (unpaired) electrons. The Morgan fingerprint density at radius 1 is 1.33 bits per heavy atom. The molecule has 18 heavy (non-hydrogen) atoms. The molecule has 0 bridgehead atoms. The summed E-state index contributed by atoms with van der Waals surface area (Å²) < 4.78 is 0.896. The molecule has 1 N–H and O–H groups in total. The lowest BCUT2D eigenvalue weighted by Gasteiger charge is -2.21. The van der Waals surface area contributed by atoms with Crippen molar-refractivity contribution in [3.05, 3.63) is 16.5 Å². The standard InChI is InChI=1S/C12H16BrN3S2/c13-10-5-11(16-12(15-10)8-1-2-8)14-6-9-7-17-3-4-18-9/h5,8-9H,1-4,6-7H2,(H,14,15,16). The van der Waals surface area contributed by atoms with E-state index in [9.17, 15) is 0 Å². The third kappa shape index (κ3) is 3.54. The van der Waals surface area contributed by atoms with E-state index in [0.29, 0.717) is 11.2 Å². The van der Waals surface area contributed by atoms with Crippen LogP contribution in [0.1, 0.15) is 24.6 Å². The van der Waals surface area contributed by atoms with Gasteiger partial charge in [0.25, 0.3) is 0 Å². The molecule has 6 heteroatoms. The number of aromatic nitrogens is 2. The summed E-state index contributed by atoms with van der Waals surface area (Å²) in [6.07, 6.45) is 2.48. The number of thioether (sulfide) groups is 2. The molecule has 2 heterocycles. The van der Waals surface area contributed by atoms with Crippen molar-refractivity contribution in [3.63, 3.8) is 0 Å². The van der Waals surface area contributed by atoms with Crippen molar-refractivity contribution < 1.29 is 0 Å². The Hall–Kier alpha value is 0.0600. The predicted molar refractivity (Wildman–Crippen MR) is 83.8 cm³/mol. The molecule has 0 spiro atoms. The smallest absolute Gasteiger partial charge is 0.135 e. The topological polar surface area (TPSA) is 37.8 Å². The van der Waals surface area contributed by atoms with Crippen LogP contribution in [0.15, 0.2) is 10.7 Å². The average molecular weight is 346 g/mol. The third-order valence-electron chi connectivity index (χ3n) is 3.05. The normalized spacial score (nSPS) is 23.9. The first kappa shape index (κ1) is 13.1. The van der Waals surface area contributed by atoms with Crippen LogP contribution in [0.25, 0.3) is 0 Å². The van der Waals surface area contributed by atoms with Crippen LogP contribution in [-0.4, -0.2) is 39.0 Å². The molecule has 1 saturated carbocycles. The number of halogens is 1. The summed E-state index contributed by atoms with van der Waals surface area (Å²) in [5, 5.41) is 4.17. The first-order valence-corrected chi connectivity index (χ1v) is 9.28. The number of hydrogen-bond donors (Lipinski definition) is 1. The largest absolute Gasteiger partial charge is 0.369 e. The summed E-state index contributed by atoms with van der Waals surface area (Å²) in [5.74, 6) is 6.39. The Balaban J connectivity index is 1.60. The van der Waals surface area contributed by atoms with E-state index in [4.69, 9.17) is 0 Å². The van der Waals surface area contributed by atoms with Gasteiger partial charge in [-0.1, -0.05) is 0 Å². The van der Waals surface area contributed by atoms with Crippen LogP contribution in [0, 0.1) is 0 Å². The second kappa shape index (κ2) is 6.01. The molecule has 0 aromatic carbocycles. The second-order valence-corrected chi connectivity index (χ2v) is 8.03. The lowest BCUT2D eigenvalue weighted by Crippen LogP contribution is -2.23. The minimum atomic E-state index is 0.600. The van der Waals surface area contributed by atoms with Crippen LogP contribution in [0.5, 0.6) is 0 Å².